The van der Waals surface area contributed by atoms with E-state index in [9.17, 15) is 9.90 Å². The third-order valence-corrected chi connectivity index (χ3v) is 2.55. The fourth-order valence-corrected chi connectivity index (χ4v) is 1.69. The highest BCUT2D eigenvalue weighted by atomic mass is 35.5. The Kier molecular flexibility index (Phi) is 3.48. The summed E-state index contributed by atoms with van der Waals surface area (Å²) in [6.45, 7) is 1.71. The molecule has 0 aliphatic rings. The predicted molar refractivity (Wildman–Crippen MR) is 67.0 cm³/mol. The van der Waals surface area contributed by atoms with Gasteiger partial charge < -0.3 is 9.84 Å². The molecule has 1 heterocycles. The summed E-state index contributed by atoms with van der Waals surface area (Å²) in [7, 11) is 0. The van der Waals surface area contributed by atoms with Crippen LogP contribution in [0.1, 0.15) is 15.9 Å². The van der Waals surface area contributed by atoms with Crippen molar-refractivity contribution in [2.24, 2.45) is 0 Å². The number of pyridine rings is 1. The van der Waals surface area contributed by atoms with E-state index in [4.69, 9.17) is 16.3 Å². The number of nitrogens with zero attached hydrogens (tertiary/aromatic N) is 1. The van der Waals surface area contributed by atoms with Gasteiger partial charge in [0.1, 0.15) is 11.3 Å². The highest BCUT2D eigenvalue weighted by Gasteiger charge is 2.16. The molecule has 0 bridgehead atoms. The van der Waals surface area contributed by atoms with Gasteiger partial charge >= 0.3 is 5.97 Å². The third-order valence-electron chi connectivity index (χ3n) is 2.35. The second-order valence-corrected chi connectivity index (χ2v) is 4.13. The molecule has 0 unspecified atom stereocenters. The number of esters is 1. The maximum atomic E-state index is 11.9. The van der Waals surface area contributed by atoms with Gasteiger partial charge in [-0.25, -0.2) is 4.79 Å². The number of hydrogen-bond acceptors (Lipinski definition) is 4. The first-order valence-electron chi connectivity index (χ1n) is 5.19. The zero-order chi connectivity index (χ0) is 13.1. The van der Waals surface area contributed by atoms with Crippen LogP contribution in [-0.4, -0.2) is 16.1 Å². The molecule has 5 heteroatoms. The molecule has 1 aromatic carbocycles. The Morgan fingerprint density at radius 2 is 2.17 bits per heavy atom. The van der Waals surface area contributed by atoms with Gasteiger partial charge in [0.05, 0.1) is 11.2 Å². The van der Waals surface area contributed by atoms with E-state index in [0.717, 1.165) is 0 Å². The number of halogens is 1. The van der Waals surface area contributed by atoms with Crippen LogP contribution in [-0.2, 0) is 0 Å². The van der Waals surface area contributed by atoms with Crippen molar-refractivity contribution >= 4 is 17.6 Å². The molecule has 1 aromatic heterocycles. The zero-order valence-corrected chi connectivity index (χ0v) is 10.3. The molecule has 4 nitrogen and oxygen atoms in total. The Hall–Kier alpha value is -2.07. The fraction of sp³-hybridized carbons (Fsp3) is 0.0769. The van der Waals surface area contributed by atoms with Gasteiger partial charge in [-0.05, 0) is 18.6 Å². The lowest BCUT2D eigenvalue weighted by atomic mass is 10.1. The number of hydrogen-bond donors (Lipinski definition) is 1. The van der Waals surface area contributed by atoms with Crippen molar-refractivity contribution in [3.8, 4) is 11.5 Å². The van der Waals surface area contributed by atoms with Gasteiger partial charge in [0, 0.05) is 12.3 Å². The average Bonchev–Trinajstić information content (AvgIpc) is 2.28. The largest absolute Gasteiger partial charge is 0.507 e. The lowest BCUT2D eigenvalue weighted by Gasteiger charge is -2.08. The third kappa shape index (κ3) is 2.60. The lowest BCUT2D eigenvalue weighted by Crippen LogP contribution is -2.10. The molecule has 0 fully saturated rings. The SMILES string of the molecule is Cc1cccc(O)c1C(=O)Oc1cncc(Cl)c1. The summed E-state index contributed by atoms with van der Waals surface area (Å²) < 4.78 is 5.10. The molecular formula is C13H10ClNO3. The van der Waals surface area contributed by atoms with Crippen LogP contribution in [0.4, 0.5) is 0 Å². The molecule has 1 N–H and O–H groups in total. The van der Waals surface area contributed by atoms with Crippen LogP contribution in [0, 0.1) is 6.92 Å². The van der Waals surface area contributed by atoms with Gasteiger partial charge in [0.2, 0.25) is 0 Å². The van der Waals surface area contributed by atoms with Gasteiger partial charge in [0.25, 0.3) is 0 Å². The fourth-order valence-electron chi connectivity index (χ4n) is 1.52. The first-order chi connectivity index (χ1) is 8.58. The Bertz CT molecular complexity index is 578. The number of phenols is 1. The first kappa shape index (κ1) is 12.4. The minimum atomic E-state index is -0.644. The molecule has 92 valence electrons. The number of phenolic OH excluding ortho intramolecular Hbond substituents is 1. The Morgan fingerprint density at radius 1 is 1.39 bits per heavy atom. The minimum Gasteiger partial charge on any atom is -0.507 e. The van der Waals surface area contributed by atoms with Crippen LogP contribution >= 0.6 is 11.6 Å². The number of carbonyl (C=O) groups excluding carboxylic acids is 1. The van der Waals surface area contributed by atoms with Gasteiger partial charge in [-0.15, -0.1) is 0 Å². The quantitative estimate of drug-likeness (QED) is 0.846. The molecule has 0 radical (unpaired) electrons. The van der Waals surface area contributed by atoms with E-state index in [1.165, 1.54) is 24.5 Å². The Balaban J connectivity index is 2.28. The molecule has 0 amide bonds. The van der Waals surface area contributed by atoms with Crippen LogP contribution in [0.2, 0.25) is 5.02 Å². The normalized spacial score (nSPS) is 10.1. The van der Waals surface area contributed by atoms with Crippen molar-refractivity contribution < 1.29 is 14.6 Å². The average molecular weight is 264 g/mol. The molecule has 0 atom stereocenters. The van der Waals surface area contributed by atoms with Crippen LogP contribution in [0.5, 0.6) is 11.5 Å². The summed E-state index contributed by atoms with van der Waals surface area (Å²) in [5, 5.41) is 10.0. The van der Waals surface area contributed by atoms with Gasteiger partial charge in [-0.1, -0.05) is 23.7 Å². The van der Waals surface area contributed by atoms with Crippen LogP contribution in [0.3, 0.4) is 0 Å². The number of aryl methyl sites for hydroxylation is 1. The van der Waals surface area contributed by atoms with Crippen molar-refractivity contribution in [1.29, 1.82) is 0 Å². The topological polar surface area (TPSA) is 59.4 Å². The summed E-state index contributed by atoms with van der Waals surface area (Å²) in [5.74, 6) is -0.528. The summed E-state index contributed by atoms with van der Waals surface area (Å²) >= 11 is 5.73. The summed E-state index contributed by atoms with van der Waals surface area (Å²) in [5.41, 5.74) is 0.771. The molecule has 0 saturated heterocycles. The maximum Gasteiger partial charge on any atom is 0.347 e. The number of carbonyl (C=O) groups is 1. The molecule has 0 saturated carbocycles. The molecular weight excluding hydrogens is 254 g/mol. The maximum absolute atomic E-state index is 11.9. The molecule has 0 aliphatic carbocycles. The molecule has 2 rings (SSSR count). The van der Waals surface area contributed by atoms with Crippen molar-refractivity contribution in [3.05, 3.63) is 52.8 Å². The summed E-state index contributed by atoms with van der Waals surface area (Å²) in [6.07, 6.45) is 2.81. The molecule has 18 heavy (non-hydrogen) atoms. The van der Waals surface area contributed by atoms with E-state index < -0.39 is 5.97 Å². The van der Waals surface area contributed by atoms with E-state index in [-0.39, 0.29) is 17.1 Å². The standard InChI is InChI=1S/C13H10ClNO3/c1-8-3-2-4-11(16)12(8)13(17)18-10-5-9(14)6-15-7-10/h2-7,16H,1H3. The smallest absolute Gasteiger partial charge is 0.347 e. The first-order valence-corrected chi connectivity index (χ1v) is 5.57. The van der Waals surface area contributed by atoms with E-state index in [1.54, 1.807) is 19.1 Å². The van der Waals surface area contributed by atoms with Crippen molar-refractivity contribution in [3.63, 3.8) is 0 Å². The number of aromatic nitrogens is 1. The summed E-state index contributed by atoms with van der Waals surface area (Å²) in [6, 6.07) is 6.27. The van der Waals surface area contributed by atoms with Gasteiger partial charge in [0.15, 0.2) is 5.75 Å². The monoisotopic (exact) mass is 263 g/mol. The van der Waals surface area contributed by atoms with Crippen LogP contribution in [0.15, 0.2) is 36.7 Å². The number of benzene rings is 1. The lowest BCUT2D eigenvalue weighted by molar-refractivity contribution is 0.0730. The van der Waals surface area contributed by atoms with E-state index >= 15 is 0 Å². The summed E-state index contributed by atoms with van der Waals surface area (Å²) in [4.78, 5) is 15.7. The van der Waals surface area contributed by atoms with Crippen molar-refractivity contribution in [2.75, 3.05) is 0 Å². The second kappa shape index (κ2) is 5.06. The van der Waals surface area contributed by atoms with Crippen LogP contribution < -0.4 is 4.74 Å². The Labute approximate surface area is 109 Å². The highest BCUT2D eigenvalue weighted by molar-refractivity contribution is 6.30. The molecule has 0 spiro atoms. The van der Waals surface area contributed by atoms with E-state index in [2.05, 4.69) is 4.98 Å². The predicted octanol–water partition coefficient (Wildman–Crippen LogP) is 2.97. The Morgan fingerprint density at radius 3 is 2.83 bits per heavy atom. The number of ether oxygens (including phenoxy) is 1. The molecule has 2 aromatic rings. The van der Waals surface area contributed by atoms with E-state index in [1.807, 2.05) is 0 Å². The van der Waals surface area contributed by atoms with Crippen LogP contribution in [0.25, 0.3) is 0 Å². The second-order valence-electron chi connectivity index (χ2n) is 3.70. The number of rotatable bonds is 2. The highest BCUT2D eigenvalue weighted by Crippen LogP contribution is 2.23. The molecule has 0 aliphatic heterocycles. The number of aromatic hydroxyl groups is 1. The van der Waals surface area contributed by atoms with Gasteiger partial charge in [-0.3, -0.25) is 4.98 Å². The zero-order valence-electron chi connectivity index (χ0n) is 9.55. The van der Waals surface area contributed by atoms with Crippen molar-refractivity contribution in [1.82, 2.24) is 4.98 Å². The minimum absolute atomic E-state index is 0.116. The van der Waals surface area contributed by atoms with Crippen molar-refractivity contribution in [2.45, 2.75) is 6.92 Å². The van der Waals surface area contributed by atoms with Gasteiger partial charge in [-0.2, -0.15) is 0 Å². The van der Waals surface area contributed by atoms with E-state index in [0.29, 0.717) is 10.6 Å².